The van der Waals surface area contributed by atoms with Crippen molar-refractivity contribution in [1.29, 1.82) is 0 Å². The topological polar surface area (TPSA) is 77.2 Å². The highest BCUT2D eigenvalue weighted by Crippen LogP contribution is 2.22. The van der Waals surface area contributed by atoms with Crippen LogP contribution in [0.25, 0.3) is 0 Å². The van der Waals surface area contributed by atoms with Gasteiger partial charge in [-0.15, -0.1) is 10.2 Å². The Balaban J connectivity index is 1.47. The van der Waals surface area contributed by atoms with Crippen LogP contribution in [-0.4, -0.2) is 21.9 Å². The molecule has 140 valence electrons. The highest BCUT2D eigenvalue weighted by Gasteiger charge is 2.11. The Morgan fingerprint density at radius 2 is 2.07 bits per heavy atom. The average molecular weight is 448 g/mol. The van der Waals surface area contributed by atoms with Gasteiger partial charge in [0.15, 0.2) is 6.61 Å². The van der Waals surface area contributed by atoms with Gasteiger partial charge in [0.2, 0.25) is 5.91 Å². The predicted molar refractivity (Wildman–Crippen MR) is 108 cm³/mol. The van der Waals surface area contributed by atoms with Gasteiger partial charge >= 0.3 is 0 Å². The first kappa shape index (κ1) is 19.4. The van der Waals surface area contributed by atoms with Crippen molar-refractivity contribution in [2.75, 3.05) is 11.1 Å². The maximum Gasteiger partial charge on any atom is 0.277 e. The Hall–Kier alpha value is -2.32. The van der Waals surface area contributed by atoms with Gasteiger partial charge in [0.1, 0.15) is 5.75 Å². The van der Waals surface area contributed by atoms with Crippen molar-refractivity contribution in [2.24, 2.45) is 0 Å². The SMILES string of the molecule is Cc1cccc(OCc2nnc(SCC(=O)Nc3ccc(C)c(Br)c3)o2)c1. The fourth-order valence-corrected chi connectivity index (χ4v) is 3.16. The predicted octanol–water partition coefficient (Wildman–Crippen LogP) is 4.76. The highest BCUT2D eigenvalue weighted by atomic mass is 79.9. The number of anilines is 1. The van der Waals surface area contributed by atoms with E-state index in [1.165, 1.54) is 11.8 Å². The number of carbonyl (C=O) groups excluding carboxylic acids is 1. The van der Waals surface area contributed by atoms with E-state index in [4.69, 9.17) is 9.15 Å². The average Bonchev–Trinajstić information content (AvgIpc) is 3.09. The summed E-state index contributed by atoms with van der Waals surface area (Å²) in [4.78, 5) is 12.1. The van der Waals surface area contributed by atoms with Crippen LogP contribution in [0.15, 0.2) is 56.6 Å². The number of amides is 1. The molecule has 1 N–H and O–H groups in total. The standard InChI is InChI=1S/C19H18BrN3O3S/c1-12-4-3-5-15(8-12)25-10-18-22-23-19(26-18)27-11-17(24)21-14-7-6-13(2)16(20)9-14/h3-9H,10-11H2,1-2H3,(H,21,24). The van der Waals surface area contributed by atoms with Gasteiger partial charge in [-0.05, 0) is 49.2 Å². The van der Waals surface area contributed by atoms with Crippen molar-refractivity contribution in [2.45, 2.75) is 25.7 Å². The maximum absolute atomic E-state index is 12.1. The number of thioether (sulfide) groups is 1. The monoisotopic (exact) mass is 447 g/mol. The molecule has 0 fully saturated rings. The largest absolute Gasteiger partial charge is 0.484 e. The van der Waals surface area contributed by atoms with Gasteiger partial charge in [0, 0.05) is 10.2 Å². The van der Waals surface area contributed by atoms with Gasteiger partial charge in [-0.1, -0.05) is 45.9 Å². The molecule has 0 unspecified atom stereocenters. The number of carbonyl (C=O) groups is 1. The zero-order valence-electron chi connectivity index (χ0n) is 14.9. The van der Waals surface area contributed by atoms with Crippen molar-refractivity contribution < 1.29 is 13.9 Å². The summed E-state index contributed by atoms with van der Waals surface area (Å²) in [5.74, 6) is 1.13. The molecule has 0 aliphatic heterocycles. The molecule has 3 rings (SSSR count). The zero-order valence-corrected chi connectivity index (χ0v) is 17.3. The van der Waals surface area contributed by atoms with Crippen molar-refractivity contribution in [3.05, 3.63) is 64.0 Å². The molecule has 2 aromatic carbocycles. The molecule has 1 amide bonds. The molecule has 0 bridgehead atoms. The van der Waals surface area contributed by atoms with E-state index in [0.717, 1.165) is 27.0 Å². The Morgan fingerprint density at radius 3 is 2.85 bits per heavy atom. The summed E-state index contributed by atoms with van der Waals surface area (Å²) in [5.41, 5.74) is 2.95. The lowest BCUT2D eigenvalue weighted by molar-refractivity contribution is -0.113. The molecule has 0 atom stereocenters. The molecular formula is C19H18BrN3O3S. The minimum atomic E-state index is -0.147. The van der Waals surface area contributed by atoms with E-state index in [2.05, 4.69) is 31.4 Å². The fourth-order valence-electron chi connectivity index (χ4n) is 2.20. The Kier molecular flexibility index (Phi) is 6.52. The lowest BCUT2D eigenvalue weighted by Crippen LogP contribution is -2.14. The first-order valence-electron chi connectivity index (χ1n) is 8.20. The van der Waals surface area contributed by atoms with Crippen LogP contribution in [0, 0.1) is 13.8 Å². The Morgan fingerprint density at radius 1 is 1.22 bits per heavy atom. The molecule has 0 radical (unpaired) electrons. The molecule has 3 aromatic rings. The lowest BCUT2D eigenvalue weighted by Gasteiger charge is -2.06. The first-order valence-corrected chi connectivity index (χ1v) is 9.98. The summed E-state index contributed by atoms with van der Waals surface area (Å²) in [7, 11) is 0. The molecule has 0 saturated heterocycles. The van der Waals surface area contributed by atoms with Crippen LogP contribution in [0.1, 0.15) is 17.0 Å². The zero-order chi connectivity index (χ0) is 19.2. The molecule has 0 saturated carbocycles. The van der Waals surface area contributed by atoms with Crippen LogP contribution < -0.4 is 10.1 Å². The number of aromatic nitrogens is 2. The third-order valence-electron chi connectivity index (χ3n) is 3.58. The minimum absolute atomic E-state index is 0.147. The summed E-state index contributed by atoms with van der Waals surface area (Å²) in [6.07, 6.45) is 0. The molecule has 8 heteroatoms. The molecule has 6 nitrogen and oxygen atoms in total. The first-order chi connectivity index (χ1) is 13.0. The van der Waals surface area contributed by atoms with Gasteiger partial charge in [-0.3, -0.25) is 4.79 Å². The number of benzene rings is 2. The fraction of sp³-hybridized carbons (Fsp3) is 0.211. The summed E-state index contributed by atoms with van der Waals surface area (Å²) >= 11 is 4.63. The third-order valence-corrected chi connectivity index (χ3v) is 5.26. The Labute approximate surface area is 169 Å². The summed E-state index contributed by atoms with van der Waals surface area (Å²) < 4.78 is 12.1. The summed E-state index contributed by atoms with van der Waals surface area (Å²) in [6, 6.07) is 13.4. The van der Waals surface area contributed by atoms with Crippen LogP contribution in [-0.2, 0) is 11.4 Å². The second-order valence-corrected chi connectivity index (χ2v) is 7.65. The van der Waals surface area contributed by atoms with Crippen LogP contribution in [0.3, 0.4) is 0 Å². The van der Waals surface area contributed by atoms with Gasteiger partial charge in [-0.25, -0.2) is 0 Å². The molecule has 27 heavy (non-hydrogen) atoms. The number of ether oxygens (including phenoxy) is 1. The van der Waals surface area contributed by atoms with E-state index < -0.39 is 0 Å². The van der Waals surface area contributed by atoms with Crippen molar-refractivity contribution in [1.82, 2.24) is 10.2 Å². The molecule has 0 spiro atoms. The van der Waals surface area contributed by atoms with Crippen LogP contribution in [0.2, 0.25) is 0 Å². The molecule has 1 heterocycles. The maximum atomic E-state index is 12.1. The summed E-state index contributed by atoms with van der Waals surface area (Å²) in [5, 5.41) is 11.0. The van der Waals surface area contributed by atoms with Crippen LogP contribution in [0.5, 0.6) is 5.75 Å². The number of nitrogens with one attached hydrogen (secondary N) is 1. The second-order valence-electron chi connectivity index (χ2n) is 5.87. The quantitative estimate of drug-likeness (QED) is 0.526. The molecule has 1 aromatic heterocycles. The third kappa shape index (κ3) is 5.83. The Bertz CT molecular complexity index is 945. The lowest BCUT2D eigenvalue weighted by atomic mass is 10.2. The highest BCUT2D eigenvalue weighted by molar-refractivity contribution is 9.10. The second kappa shape index (κ2) is 9.05. The van der Waals surface area contributed by atoms with Crippen LogP contribution >= 0.6 is 27.7 Å². The van der Waals surface area contributed by atoms with E-state index in [1.54, 1.807) is 0 Å². The van der Waals surface area contributed by atoms with E-state index in [-0.39, 0.29) is 18.3 Å². The minimum Gasteiger partial charge on any atom is -0.484 e. The number of halogens is 1. The van der Waals surface area contributed by atoms with Crippen molar-refractivity contribution >= 4 is 39.3 Å². The van der Waals surface area contributed by atoms with Crippen molar-refractivity contribution in [3.8, 4) is 5.75 Å². The van der Waals surface area contributed by atoms with E-state index in [1.807, 2.05) is 56.3 Å². The number of hydrogen-bond donors (Lipinski definition) is 1. The van der Waals surface area contributed by atoms with Gasteiger partial charge in [-0.2, -0.15) is 0 Å². The van der Waals surface area contributed by atoms with E-state index >= 15 is 0 Å². The van der Waals surface area contributed by atoms with Gasteiger partial charge in [0.05, 0.1) is 5.75 Å². The van der Waals surface area contributed by atoms with E-state index in [0.29, 0.717) is 11.1 Å². The number of nitrogens with zero attached hydrogens (tertiary/aromatic N) is 2. The molecule has 0 aliphatic carbocycles. The van der Waals surface area contributed by atoms with Gasteiger partial charge < -0.3 is 14.5 Å². The molecular weight excluding hydrogens is 430 g/mol. The van der Waals surface area contributed by atoms with Crippen LogP contribution in [0.4, 0.5) is 5.69 Å². The number of hydrogen-bond acceptors (Lipinski definition) is 6. The normalized spacial score (nSPS) is 10.6. The summed E-state index contributed by atoms with van der Waals surface area (Å²) in [6.45, 7) is 4.16. The molecule has 0 aliphatic rings. The number of rotatable bonds is 7. The van der Waals surface area contributed by atoms with Crippen molar-refractivity contribution in [3.63, 3.8) is 0 Å². The van der Waals surface area contributed by atoms with Gasteiger partial charge in [0.25, 0.3) is 11.1 Å². The van der Waals surface area contributed by atoms with E-state index in [9.17, 15) is 4.79 Å². The number of aryl methyl sites for hydroxylation is 2. The smallest absolute Gasteiger partial charge is 0.277 e.